The highest BCUT2D eigenvalue weighted by atomic mass is 32.1. The van der Waals surface area contributed by atoms with E-state index in [-0.39, 0.29) is 0 Å². The fraction of sp³-hybridized carbons (Fsp3) is 0.500. The molecule has 0 radical (unpaired) electrons. The van der Waals surface area contributed by atoms with Gasteiger partial charge >= 0.3 is 0 Å². The van der Waals surface area contributed by atoms with Crippen molar-refractivity contribution in [1.82, 2.24) is 4.98 Å². The van der Waals surface area contributed by atoms with E-state index in [0.717, 1.165) is 0 Å². The Labute approximate surface area is 80.5 Å². The van der Waals surface area contributed by atoms with E-state index in [1.54, 1.807) is 12.3 Å². The van der Waals surface area contributed by atoms with Gasteiger partial charge in [0.25, 0.3) is 0 Å². The fourth-order valence-electron chi connectivity index (χ4n) is 0.807. The number of methoxy groups -OCH3 is 2. The van der Waals surface area contributed by atoms with Gasteiger partial charge in [-0.25, -0.2) is 4.98 Å². The third-order valence-corrected chi connectivity index (χ3v) is 2.85. The molecule has 1 heterocycles. The van der Waals surface area contributed by atoms with Crippen LogP contribution in [0.3, 0.4) is 0 Å². The molecular weight excluding hydrogens is 190 g/mol. The maximum absolute atomic E-state index is 10.4. The maximum Gasteiger partial charge on any atom is 0.218 e. The van der Waals surface area contributed by atoms with Crippen molar-refractivity contribution in [2.75, 3.05) is 14.2 Å². The highest BCUT2D eigenvalue weighted by Crippen LogP contribution is 2.27. The van der Waals surface area contributed by atoms with Crippen LogP contribution in [0.15, 0.2) is 5.38 Å². The summed E-state index contributed by atoms with van der Waals surface area (Å²) in [5.41, 5.74) is 0.403. The Morgan fingerprint density at radius 3 is 2.54 bits per heavy atom. The van der Waals surface area contributed by atoms with E-state index in [1.807, 2.05) is 0 Å². The van der Waals surface area contributed by atoms with Crippen LogP contribution in [0.1, 0.15) is 22.4 Å². The first-order valence-corrected chi connectivity index (χ1v) is 4.55. The van der Waals surface area contributed by atoms with E-state index in [0.29, 0.717) is 17.0 Å². The number of ether oxygens (including phenoxy) is 2. The third-order valence-electron chi connectivity index (χ3n) is 1.81. The summed E-state index contributed by atoms with van der Waals surface area (Å²) < 4.78 is 10.3. The van der Waals surface area contributed by atoms with Crippen molar-refractivity contribution in [3.63, 3.8) is 0 Å². The predicted molar refractivity (Wildman–Crippen MR) is 48.9 cm³/mol. The average molecular weight is 201 g/mol. The van der Waals surface area contributed by atoms with E-state index in [4.69, 9.17) is 9.47 Å². The van der Waals surface area contributed by atoms with Gasteiger partial charge in [-0.3, -0.25) is 4.79 Å². The largest absolute Gasteiger partial charge is 0.348 e. The summed E-state index contributed by atoms with van der Waals surface area (Å²) in [6, 6.07) is 0. The standard InChI is InChI=1S/C8H11NO3S/c1-8(11-2,12-3)7-9-6(4-10)5-13-7/h4-5H,1-3H3. The summed E-state index contributed by atoms with van der Waals surface area (Å²) in [5.74, 6) is -0.855. The van der Waals surface area contributed by atoms with Gasteiger partial charge in [0.1, 0.15) is 5.69 Å². The lowest BCUT2D eigenvalue weighted by Crippen LogP contribution is -2.26. The molecule has 0 amide bonds. The molecular formula is C8H11NO3S. The Hall–Kier alpha value is -0.780. The number of carbonyl (C=O) groups excluding carboxylic acids is 1. The number of thiazole rings is 1. The van der Waals surface area contributed by atoms with E-state index < -0.39 is 5.79 Å². The lowest BCUT2D eigenvalue weighted by molar-refractivity contribution is -0.201. The summed E-state index contributed by atoms with van der Waals surface area (Å²) in [6.45, 7) is 1.75. The lowest BCUT2D eigenvalue weighted by atomic mass is 10.3. The van der Waals surface area contributed by atoms with Crippen LogP contribution in [0.2, 0.25) is 0 Å². The second-order valence-corrected chi connectivity index (χ2v) is 3.41. The van der Waals surface area contributed by atoms with Crippen molar-refractivity contribution in [3.05, 3.63) is 16.1 Å². The Bertz CT molecular complexity index is 293. The highest BCUT2D eigenvalue weighted by Gasteiger charge is 2.29. The number of nitrogens with zero attached hydrogens (tertiary/aromatic N) is 1. The molecule has 0 bridgehead atoms. The third kappa shape index (κ3) is 1.93. The van der Waals surface area contributed by atoms with Crippen molar-refractivity contribution in [2.45, 2.75) is 12.7 Å². The normalized spacial score (nSPS) is 11.6. The molecule has 72 valence electrons. The van der Waals surface area contributed by atoms with Crippen LogP contribution in [0.25, 0.3) is 0 Å². The minimum absolute atomic E-state index is 0.403. The number of carbonyl (C=O) groups is 1. The van der Waals surface area contributed by atoms with Crippen molar-refractivity contribution in [2.24, 2.45) is 0 Å². The zero-order valence-electron chi connectivity index (χ0n) is 7.73. The second kappa shape index (κ2) is 3.95. The van der Waals surface area contributed by atoms with E-state index in [1.165, 1.54) is 25.6 Å². The summed E-state index contributed by atoms with van der Waals surface area (Å²) >= 11 is 1.34. The number of hydrogen-bond donors (Lipinski definition) is 0. The van der Waals surface area contributed by atoms with Gasteiger partial charge in [-0.05, 0) is 6.92 Å². The Kier molecular flexibility index (Phi) is 3.13. The Morgan fingerprint density at radius 2 is 2.15 bits per heavy atom. The zero-order valence-corrected chi connectivity index (χ0v) is 8.55. The Morgan fingerprint density at radius 1 is 1.54 bits per heavy atom. The van der Waals surface area contributed by atoms with E-state index in [9.17, 15) is 4.79 Å². The van der Waals surface area contributed by atoms with Gasteiger partial charge in [0.05, 0.1) is 0 Å². The molecule has 5 heteroatoms. The summed E-state index contributed by atoms with van der Waals surface area (Å²) in [5, 5.41) is 2.30. The van der Waals surface area contributed by atoms with Gasteiger partial charge < -0.3 is 9.47 Å². The monoisotopic (exact) mass is 201 g/mol. The van der Waals surface area contributed by atoms with Crippen LogP contribution in [-0.4, -0.2) is 25.5 Å². The van der Waals surface area contributed by atoms with Gasteiger partial charge in [0.15, 0.2) is 11.3 Å². The molecule has 0 aliphatic carbocycles. The highest BCUT2D eigenvalue weighted by molar-refractivity contribution is 7.09. The summed E-state index contributed by atoms with van der Waals surface area (Å²) in [4.78, 5) is 14.4. The molecule has 0 saturated carbocycles. The predicted octanol–water partition coefficient (Wildman–Crippen LogP) is 1.42. The molecule has 4 nitrogen and oxygen atoms in total. The minimum Gasteiger partial charge on any atom is -0.348 e. The zero-order chi connectivity index (χ0) is 9.90. The first-order chi connectivity index (χ1) is 6.16. The van der Waals surface area contributed by atoms with Gasteiger partial charge in [-0.15, -0.1) is 11.3 Å². The summed E-state index contributed by atoms with van der Waals surface area (Å²) in [6.07, 6.45) is 0.700. The molecule has 0 aliphatic heterocycles. The number of hydrogen-bond acceptors (Lipinski definition) is 5. The number of aldehydes is 1. The molecule has 0 fully saturated rings. The van der Waals surface area contributed by atoms with Crippen molar-refractivity contribution < 1.29 is 14.3 Å². The first-order valence-electron chi connectivity index (χ1n) is 3.67. The molecule has 0 atom stereocenters. The topological polar surface area (TPSA) is 48.4 Å². The van der Waals surface area contributed by atoms with E-state index >= 15 is 0 Å². The molecule has 1 rings (SSSR count). The smallest absolute Gasteiger partial charge is 0.218 e. The van der Waals surface area contributed by atoms with Crippen LogP contribution in [0.4, 0.5) is 0 Å². The SMILES string of the molecule is COC(C)(OC)c1nc(C=O)cs1. The first kappa shape index (κ1) is 10.3. The van der Waals surface area contributed by atoms with E-state index in [2.05, 4.69) is 4.98 Å². The van der Waals surface area contributed by atoms with Gasteiger partial charge in [-0.2, -0.15) is 0 Å². The number of aromatic nitrogens is 1. The average Bonchev–Trinajstić information content (AvgIpc) is 2.65. The molecule has 0 N–H and O–H groups in total. The van der Waals surface area contributed by atoms with Crippen molar-refractivity contribution >= 4 is 17.6 Å². The van der Waals surface area contributed by atoms with Crippen molar-refractivity contribution in [3.8, 4) is 0 Å². The van der Waals surface area contributed by atoms with Crippen LogP contribution in [0.5, 0.6) is 0 Å². The van der Waals surface area contributed by atoms with Gasteiger partial charge in [0.2, 0.25) is 5.79 Å². The van der Waals surface area contributed by atoms with Crippen LogP contribution in [0, 0.1) is 0 Å². The van der Waals surface area contributed by atoms with Crippen molar-refractivity contribution in [1.29, 1.82) is 0 Å². The fourth-order valence-corrected chi connectivity index (χ4v) is 1.69. The van der Waals surface area contributed by atoms with Gasteiger partial charge in [-0.1, -0.05) is 0 Å². The second-order valence-electron chi connectivity index (χ2n) is 2.55. The van der Waals surface area contributed by atoms with Crippen LogP contribution >= 0.6 is 11.3 Å². The molecule has 0 spiro atoms. The van der Waals surface area contributed by atoms with Crippen LogP contribution in [-0.2, 0) is 15.3 Å². The molecule has 1 aromatic heterocycles. The van der Waals surface area contributed by atoms with Crippen LogP contribution < -0.4 is 0 Å². The molecule has 0 unspecified atom stereocenters. The molecule has 13 heavy (non-hydrogen) atoms. The van der Waals surface area contributed by atoms with Gasteiger partial charge in [0, 0.05) is 19.6 Å². The molecule has 0 aliphatic rings. The number of rotatable bonds is 4. The lowest BCUT2D eigenvalue weighted by Gasteiger charge is -2.23. The molecule has 1 aromatic rings. The molecule has 0 saturated heterocycles. The Balaban J connectivity index is 2.98. The maximum atomic E-state index is 10.4. The summed E-state index contributed by atoms with van der Waals surface area (Å²) in [7, 11) is 3.07. The quantitative estimate of drug-likeness (QED) is 0.546. The molecule has 0 aromatic carbocycles. The minimum atomic E-state index is -0.855.